The molecule has 1 aliphatic rings. The number of primary amides is 1. The van der Waals surface area contributed by atoms with Crippen LogP contribution in [-0.4, -0.2) is 24.2 Å². The molecule has 3 amide bonds. The molecule has 0 saturated heterocycles. The van der Waals surface area contributed by atoms with Gasteiger partial charge in [0.1, 0.15) is 0 Å². The number of nitrogens with one attached hydrogen (secondary N) is 1. The lowest BCUT2D eigenvalue weighted by Crippen LogP contribution is -2.43. The van der Waals surface area contributed by atoms with Crippen molar-refractivity contribution in [2.45, 2.75) is 6.54 Å². The summed E-state index contributed by atoms with van der Waals surface area (Å²) in [5.41, 5.74) is 7.88. The molecule has 0 radical (unpaired) electrons. The van der Waals surface area contributed by atoms with Crippen LogP contribution in [0.25, 0.3) is 0 Å². The molecule has 0 atom stereocenters. The zero-order chi connectivity index (χ0) is 12.3. The Morgan fingerprint density at radius 3 is 2.94 bits per heavy atom. The van der Waals surface area contributed by atoms with Gasteiger partial charge in [0.15, 0.2) is 11.5 Å². The Morgan fingerprint density at radius 1 is 1.47 bits per heavy atom. The van der Waals surface area contributed by atoms with Gasteiger partial charge in [0.05, 0.1) is 6.54 Å². The Bertz CT molecular complexity index is 449. The quantitative estimate of drug-likeness (QED) is 0.567. The van der Waals surface area contributed by atoms with Crippen molar-refractivity contribution in [3.05, 3.63) is 23.8 Å². The highest BCUT2D eigenvalue weighted by Gasteiger charge is 2.14. The minimum Gasteiger partial charge on any atom is -0.454 e. The van der Waals surface area contributed by atoms with Crippen LogP contribution in [0.1, 0.15) is 5.56 Å². The summed E-state index contributed by atoms with van der Waals surface area (Å²) < 4.78 is 10.3. The van der Waals surface area contributed by atoms with Crippen molar-refractivity contribution in [2.75, 3.05) is 6.79 Å². The van der Waals surface area contributed by atoms with Gasteiger partial charge in [0.25, 0.3) is 0 Å². The topological polar surface area (TPSA) is 93.9 Å². The van der Waals surface area contributed by atoms with E-state index in [1.165, 1.54) is 0 Å². The largest absolute Gasteiger partial charge is 0.454 e. The first kappa shape index (κ1) is 11.1. The first-order valence-electron chi connectivity index (χ1n) is 4.85. The minimum atomic E-state index is -0.794. The molecule has 90 valence electrons. The number of fused-ring (bicyclic) bond motifs is 1. The fraction of sp³-hybridized carbons (Fsp3) is 0.200. The maximum Gasteiger partial charge on any atom is 0.331 e. The lowest BCUT2D eigenvalue weighted by Gasteiger charge is -2.16. The summed E-state index contributed by atoms with van der Waals surface area (Å²) in [5, 5.41) is 1.04. The van der Waals surface area contributed by atoms with Crippen LogP contribution in [0.3, 0.4) is 0 Å². The normalized spacial score (nSPS) is 12.0. The summed E-state index contributed by atoms with van der Waals surface area (Å²) in [6.07, 6.45) is 0.481. The van der Waals surface area contributed by atoms with E-state index in [-0.39, 0.29) is 13.3 Å². The maximum atomic E-state index is 10.7. The highest BCUT2D eigenvalue weighted by molar-refractivity contribution is 5.72. The van der Waals surface area contributed by atoms with Gasteiger partial charge in [-0.1, -0.05) is 6.07 Å². The number of ether oxygens (including phenoxy) is 2. The first-order chi connectivity index (χ1) is 8.19. The summed E-state index contributed by atoms with van der Waals surface area (Å²) in [6.45, 7) is 0.388. The van der Waals surface area contributed by atoms with Crippen LogP contribution in [0.15, 0.2) is 18.2 Å². The Balaban J connectivity index is 2.07. The molecule has 3 N–H and O–H groups in total. The molecule has 0 saturated carbocycles. The summed E-state index contributed by atoms with van der Waals surface area (Å²) in [5.74, 6) is 1.28. The molecule has 1 heterocycles. The summed E-state index contributed by atoms with van der Waals surface area (Å²) in [7, 11) is 0. The molecule has 0 bridgehead atoms. The number of hydrogen-bond acceptors (Lipinski definition) is 4. The van der Waals surface area contributed by atoms with Gasteiger partial charge in [-0.15, -0.1) is 0 Å². The van der Waals surface area contributed by atoms with Crippen LogP contribution < -0.4 is 20.6 Å². The van der Waals surface area contributed by atoms with Crippen molar-refractivity contribution in [1.82, 2.24) is 10.4 Å². The number of amides is 3. The number of urea groups is 1. The number of rotatable bonds is 4. The number of carbonyl (C=O) groups excluding carboxylic acids is 2. The van der Waals surface area contributed by atoms with Gasteiger partial charge in [-0.05, 0) is 17.7 Å². The standard InChI is InChI=1S/C10H11N3O4/c11-10(15)12-13(5-14)4-7-1-2-8-9(3-7)17-6-16-8/h1-3,5H,4,6H2,(H3,11,12,15). The van der Waals surface area contributed by atoms with E-state index in [4.69, 9.17) is 15.2 Å². The predicted octanol–water partition coefficient (Wildman–Crippen LogP) is -0.0430. The number of nitrogens with two attached hydrogens (primary N) is 1. The number of hydrogen-bond donors (Lipinski definition) is 2. The predicted molar refractivity (Wildman–Crippen MR) is 56.9 cm³/mol. The minimum absolute atomic E-state index is 0.190. The SMILES string of the molecule is NC(=O)NN(C=O)Cc1ccc2c(c1)OCO2. The monoisotopic (exact) mass is 237 g/mol. The summed E-state index contributed by atoms with van der Waals surface area (Å²) in [6, 6.07) is 4.46. The van der Waals surface area contributed by atoms with Crippen LogP contribution in [0.4, 0.5) is 4.79 Å². The van der Waals surface area contributed by atoms with Crippen molar-refractivity contribution in [3.63, 3.8) is 0 Å². The van der Waals surface area contributed by atoms with E-state index >= 15 is 0 Å². The molecular weight excluding hydrogens is 226 g/mol. The van der Waals surface area contributed by atoms with E-state index in [1.54, 1.807) is 18.2 Å². The van der Waals surface area contributed by atoms with E-state index < -0.39 is 6.03 Å². The van der Waals surface area contributed by atoms with Gasteiger partial charge in [0, 0.05) is 0 Å². The second kappa shape index (κ2) is 4.60. The molecule has 7 nitrogen and oxygen atoms in total. The van der Waals surface area contributed by atoms with Crippen molar-refractivity contribution in [1.29, 1.82) is 0 Å². The summed E-state index contributed by atoms with van der Waals surface area (Å²) >= 11 is 0. The molecule has 0 aliphatic carbocycles. The van der Waals surface area contributed by atoms with Crippen LogP contribution in [0.5, 0.6) is 11.5 Å². The Hall–Kier alpha value is -2.44. The van der Waals surface area contributed by atoms with E-state index in [2.05, 4.69) is 5.43 Å². The van der Waals surface area contributed by atoms with Crippen LogP contribution in [0, 0.1) is 0 Å². The molecule has 1 aromatic rings. The molecule has 0 spiro atoms. The highest BCUT2D eigenvalue weighted by atomic mass is 16.7. The Morgan fingerprint density at radius 2 is 2.24 bits per heavy atom. The molecule has 17 heavy (non-hydrogen) atoms. The maximum absolute atomic E-state index is 10.7. The second-order valence-corrected chi connectivity index (χ2v) is 3.40. The van der Waals surface area contributed by atoms with Gasteiger partial charge in [-0.3, -0.25) is 9.80 Å². The Kier molecular flexibility index (Phi) is 2.99. The smallest absolute Gasteiger partial charge is 0.331 e. The lowest BCUT2D eigenvalue weighted by molar-refractivity contribution is -0.120. The molecule has 2 rings (SSSR count). The van der Waals surface area contributed by atoms with Crippen LogP contribution in [0.2, 0.25) is 0 Å². The summed E-state index contributed by atoms with van der Waals surface area (Å²) in [4.78, 5) is 21.3. The van der Waals surface area contributed by atoms with Crippen molar-refractivity contribution >= 4 is 12.4 Å². The molecular formula is C10H11N3O4. The lowest BCUT2D eigenvalue weighted by atomic mass is 10.2. The van der Waals surface area contributed by atoms with Crippen molar-refractivity contribution < 1.29 is 19.1 Å². The number of carbonyl (C=O) groups is 2. The number of hydrazine groups is 1. The van der Waals surface area contributed by atoms with Crippen LogP contribution in [-0.2, 0) is 11.3 Å². The molecule has 0 aromatic heterocycles. The Labute approximate surface area is 97.1 Å². The van der Waals surface area contributed by atoms with E-state index in [0.717, 1.165) is 10.6 Å². The molecule has 0 fully saturated rings. The van der Waals surface area contributed by atoms with E-state index in [1.807, 2.05) is 0 Å². The second-order valence-electron chi connectivity index (χ2n) is 3.40. The molecule has 1 aliphatic heterocycles. The molecule has 7 heteroatoms. The number of nitrogens with zero attached hydrogens (tertiary/aromatic N) is 1. The van der Waals surface area contributed by atoms with Crippen molar-refractivity contribution in [2.24, 2.45) is 5.73 Å². The van der Waals surface area contributed by atoms with Gasteiger partial charge in [0.2, 0.25) is 13.2 Å². The third-order valence-corrected chi connectivity index (χ3v) is 2.17. The number of benzene rings is 1. The highest BCUT2D eigenvalue weighted by Crippen LogP contribution is 2.32. The third-order valence-electron chi connectivity index (χ3n) is 2.17. The van der Waals surface area contributed by atoms with Gasteiger partial charge < -0.3 is 15.2 Å². The van der Waals surface area contributed by atoms with Gasteiger partial charge >= 0.3 is 6.03 Å². The molecule has 1 aromatic carbocycles. The fourth-order valence-corrected chi connectivity index (χ4v) is 1.48. The zero-order valence-corrected chi connectivity index (χ0v) is 8.88. The fourth-order valence-electron chi connectivity index (χ4n) is 1.48. The third kappa shape index (κ3) is 2.57. The zero-order valence-electron chi connectivity index (χ0n) is 8.88. The van der Waals surface area contributed by atoms with Gasteiger partial charge in [-0.25, -0.2) is 10.2 Å². The van der Waals surface area contributed by atoms with E-state index in [9.17, 15) is 9.59 Å². The van der Waals surface area contributed by atoms with Crippen molar-refractivity contribution in [3.8, 4) is 11.5 Å². The average Bonchev–Trinajstić information content (AvgIpc) is 2.74. The average molecular weight is 237 g/mol. The van der Waals surface area contributed by atoms with E-state index in [0.29, 0.717) is 17.9 Å². The first-order valence-corrected chi connectivity index (χ1v) is 4.85. The van der Waals surface area contributed by atoms with Crippen LogP contribution >= 0.6 is 0 Å². The molecule has 0 unspecified atom stereocenters. The van der Waals surface area contributed by atoms with Gasteiger partial charge in [-0.2, -0.15) is 0 Å².